The molecule has 0 saturated heterocycles. The predicted octanol–water partition coefficient (Wildman–Crippen LogP) is -4.34. The molecule has 25 nitrogen and oxygen atoms in total. The zero-order valence-corrected chi connectivity index (χ0v) is 35.2. The molecule has 0 aromatic rings. The molecule has 338 valence electrons. The zero-order chi connectivity index (χ0) is 45.6. The molecular formula is C33H64N13O12P. The SMILES string of the molecule is CC(C)C[C@H](NC(=O)[C@@H](NC(=O)[C@H](C)NC(=O)[C@H](CCCN=C(N)N)NC(=O)[C@H](CCCN=C(N)N)NC(=O)[C@@H](N)CC(C)C)[C@@H](C)OP(=O)(O)O)C(=O)NCC(=O)O. The lowest BCUT2D eigenvalue weighted by molar-refractivity contribution is -0.139. The van der Waals surface area contributed by atoms with E-state index in [1.54, 1.807) is 13.8 Å². The van der Waals surface area contributed by atoms with Crippen LogP contribution >= 0.6 is 7.82 Å². The number of carboxylic acids is 1. The van der Waals surface area contributed by atoms with Crippen molar-refractivity contribution in [3.63, 3.8) is 0 Å². The van der Waals surface area contributed by atoms with Crippen molar-refractivity contribution in [1.82, 2.24) is 31.9 Å². The van der Waals surface area contributed by atoms with Crippen LogP contribution in [0, 0.1) is 11.8 Å². The molecule has 59 heavy (non-hydrogen) atoms. The van der Waals surface area contributed by atoms with Gasteiger partial charge in [0.25, 0.3) is 0 Å². The van der Waals surface area contributed by atoms with Gasteiger partial charge < -0.3 is 75.5 Å². The van der Waals surface area contributed by atoms with E-state index in [2.05, 4.69) is 46.4 Å². The van der Waals surface area contributed by atoms with Gasteiger partial charge in [0.15, 0.2) is 11.9 Å². The number of guanidine groups is 2. The first kappa shape index (κ1) is 53.9. The van der Waals surface area contributed by atoms with Crippen molar-refractivity contribution < 1.29 is 57.5 Å². The number of nitrogens with two attached hydrogens (primary N) is 5. The molecule has 0 radical (unpaired) electrons. The smallest absolute Gasteiger partial charge is 0.469 e. The molecule has 0 heterocycles. The summed E-state index contributed by atoms with van der Waals surface area (Å²) in [5, 5.41) is 23.3. The Morgan fingerprint density at radius 2 is 1.08 bits per heavy atom. The number of nitrogens with one attached hydrogen (secondary N) is 6. The van der Waals surface area contributed by atoms with Crippen molar-refractivity contribution in [2.75, 3.05) is 19.6 Å². The third-order valence-corrected chi connectivity index (χ3v) is 8.69. The Bertz CT molecular complexity index is 1530. The maximum atomic E-state index is 13.7. The number of hydrogen-bond acceptors (Lipinski definition) is 12. The van der Waals surface area contributed by atoms with Crippen LogP contribution in [0.4, 0.5) is 0 Å². The molecule has 7 atom stereocenters. The number of phosphoric acid groups is 1. The first-order valence-electron chi connectivity index (χ1n) is 18.9. The lowest BCUT2D eigenvalue weighted by Crippen LogP contribution is -2.61. The summed E-state index contributed by atoms with van der Waals surface area (Å²) >= 11 is 0. The minimum Gasteiger partial charge on any atom is -0.480 e. The quantitative estimate of drug-likeness (QED) is 0.0153. The van der Waals surface area contributed by atoms with Gasteiger partial charge in [-0.3, -0.25) is 48.1 Å². The molecule has 0 aliphatic rings. The zero-order valence-electron chi connectivity index (χ0n) is 34.3. The summed E-state index contributed by atoms with van der Waals surface area (Å²) in [5.41, 5.74) is 27.6. The predicted molar refractivity (Wildman–Crippen MR) is 215 cm³/mol. The highest BCUT2D eigenvalue weighted by molar-refractivity contribution is 7.46. The van der Waals surface area contributed by atoms with Crippen molar-refractivity contribution in [2.45, 2.75) is 122 Å². The average molecular weight is 866 g/mol. The Balaban J connectivity index is 6.41. The summed E-state index contributed by atoms with van der Waals surface area (Å²) in [6, 6.07) is -8.20. The molecule has 19 N–H and O–H groups in total. The second-order valence-corrected chi connectivity index (χ2v) is 15.8. The van der Waals surface area contributed by atoms with Gasteiger partial charge in [0.1, 0.15) is 36.8 Å². The molecule has 0 aromatic heterocycles. The van der Waals surface area contributed by atoms with E-state index in [4.69, 9.17) is 33.8 Å². The fourth-order valence-electron chi connectivity index (χ4n) is 5.29. The maximum Gasteiger partial charge on any atom is 0.469 e. The number of rotatable bonds is 28. The Hall–Kier alpha value is -5.10. The summed E-state index contributed by atoms with van der Waals surface area (Å²) in [6.45, 7) is 8.79. The summed E-state index contributed by atoms with van der Waals surface area (Å²) < 4.78 is 16.4. The van der Waals surface area contributed by atoms with Crippen LogP contribution in [0.3, 0.4) is 0 Å². The van der Waals surface area contributed by atoms with Crippen LogP contribution in [0.15, 0.2) is 9.98 Å². The second-order valence-electron chi connectivity index (χ2n) is 14.6. The van der Waals surface area contributed by atoms with E-state index in [-0.39, 0.29) is 68.9 Å². The van der Waals surface area contributed by atoms with Gasteiger partial charge in [-0.2, -0.15) is 0 Å². The monoisotopic (exact) mass is 865 g/mol. The van der Waals surface area contributed by atoms with Crippen LogP contribution in [0.5, 0.6) is 0 Å². The van der Waals surface area contributed by atoms with Gasteiger partial charge >= 0.3 is 13.8 Å². The second kappa shape index (κ2) is 26.8. The van der Waals surface area contributed by atoms with Crippen molar-refractivity contribution in [1.29, 1.82) is 0 Å². The third kappa shape index (κ3) is 24.4. The molecule has 0 rings (SSSR count). The first-order valence-corrected chi connectivity index (χ1v) is 20.4. The lowest BCUT2D eigenvalue weighted by atomic mass is 10.0. The Morgan fingerprint density at radius 1 is 0.627 bits per heavy atom. The summed E-state index contributed by atoms with van der Waals surface area (Å²) in [7, 11) is -5.25. The number of carboxylic acid groups (broad SMARTS) is 1. The van der Waals surface area contributed by atoms with Crippen molar-refractivity contribution >= 4 is 61.2 Å². The topological polar surface area (TPSA) is 433 Å². The van der Waals surface area contributed by atoms with Gasteiger partial charge in [-0.15, -0.1) is 0 Å². The average Bonchev–Trinajstić information content (AvgIpc) is 3.09. The highest BCUT2D eigenvalue weighted by Gasteiger charge is 2.36. The molecule has 0 saturated carbocycles. The molecule has 0 aliphatic heterocycles. The van der Waals surface area contributed by atoms with E-state index in [1.165, 1.54) is 6.92 Å². The summed E-state index contributed by atoms with van der Waals surface area (Å²) in [5.74, 6) is -7.32. The number of phosphoric ester groups is 1. The minimum atomic E-state index is -5.25. The fourth-order valence-corrected chi connectivity index (χ4v) is 5.85. The van der Waals surface area contributed by atoms with Crippen molar-refractivity contribution in [3.8, 4) is 0 Å². The van der Waals surface area contributed by atoms with Gasteiger partial charge in [0.05, 0.1) is 12.1 Å². The molecule has 0 spiro atoms. The first-order chi connectivity index (χ1) is 27.2. The van der Waals surface area contributed by atoms with E-state index >= 15 is 0 Å². The Labute approximate surface area is 342 Å². The molecule has 0 unspecified atom stereocenters. The van der Waals surface area contributed by atoms with Gasteiger partial charge in [0.2, 0.25) is 35.4 Å². The number of carbonyl (C=O) groups is 7. The summed E-state index contributed by atoms with van der Waals surface area (Å²) in [6.07, 6.45) is -1.07. The van der Waals surface area contributed by atoms with Crippen LogP contribution < -0.4 is 60.6 Å². The number of aliphatic carboxylic acids is 1. The normalized spacial score (nSPS) is 14.9. The molecule has 0 aliphatic carbocycles. The molecule has 0 bridgehead atoms. The van der Waals surface area contributed by atoms with E-state index in [9.17, 15) is 47.9 Å². The highest BCUT2D eigenvalue weighted by Crippen LogP contribution is 2.38. The molecular weight excluding hydrogens is 801 g/mol. The highest BCUT2D eigenvalue weighted by atomic mass is 31.2. The van der Waals surface area contributed by atoms with E-state index in [0.717, 1.165) is 6.92 Å². The molecule has 26 heteroatoms. The Kier molecular flexibility index (Phi) is 24.5. The van der Waals surface area contributed by atoms with E-state index in [1.807, 2.05) is 13.8 Å². The summed E-state index contributed by atoms with van der Waals surface area (Å²) in [4.78, 5) is 118. The van der Waals surface area contributed by atoms with Crippen LogP contribution in [-0.2, 0) is 42.7 Å². The van der Waals surface area contributed by atoms with Gasteiger partial charge in [-0.25, -0.2) is 4.57 Å². The van der Waals surface area contributed by atoms with Crippen LogP contribution in [0.1, 0.15) is 80.1 Å². The van der Waals surface area contributed by atoms with Crippen LogP contribution in [0.2, 0.25) is 0 Å². The van der Waals surface area contributed by atoms with Crippen LogP contribution in [-0.4, -0.2) is 130 Å². The fraction of sp³-hybridized carbons (Fsp3) is 0.727. The van der Waals surface area contributed by atoms with E-state index < -0.39 is 98.1 Å². The number of carbonyl (C=O) groups excluding carboxylic acids is 6. The Morgan fingerprint density at radius 3 is 1.53 bits per heavy atom. The van der Waals surface area contributed by atoms with Crippen molar-refractivity contribution in [3.05, 3.63) is 0 Å². The van der Waals surface area contributed by atoms with E-state index in [0.29, 0.717) is 6.42 Å². The number of nitrogens with zero attached hydrogens (tertiary/aromatic N) is 2. The largest absolute Gasteiger partial charge is 0.480 e. The standard InChI is InChI=1S/C33H64N13O12P/c1-16(2)13-20(34)27(50)43-22(10-8-12-40-33(37)38)30(53)44-21(9-7-11-39-32(35)36)29(52)42-18(5)26(49)46-25(19(6)58-59(55,56)57)31(54)45-23(14-17(3)4)28(51)41-15-24(47)48/h16-23,25H,7-15,34H2,1-6H3,(H,41,51)(H,42,52)(H,43,50)(H,44,53)(H,45,54)(H,46,49)(H,47,48)(H4,35,36,39)(H4,37,38,40)(H2,55,56,57)/t18-,19+,20-,21-,22-,23-,25-/m0/s1. The number of hydrogen-bond donors (Lipinski definition) is 14. The minimum absolute atomic E-state index is 0.000102. The van der Waals surface area contributed by atoms with Gasteiger partial charge in [-0.05, 0) is 64.2 Å². The van der Waals surface area contributed by atoms with Crippen molar-refractivity contribution in [2.24, 2.45) is 50.5 Å². The number of amides is 6. The maximum absolute atomic E-state index is 13.7. The molecule has 0 aromatic carbocycles. The van der Waals surface area contributed by atoms with Gasteiger partial charge in [-0.1, -0.05) is 27.7 Å². The molecule has 6 amide bonds. The number of aliphatic imine (C=N–C) groups is 2. The molecule has 0 fully saturated rings. The lowest BCUT2D eigenvalue weighted by Gasteiger charge is -2.29. The van der Waals surface area contributed by atoms with Crippen LogP contribution in [0.25, 0.3) is 0 Å². The third-order valence-electron chi connectivity index (χ3n) is 8.08. The van der Waals surface area contributed by atoms with Gasteiger partial charge in [0, 0.05) is 13.1 Å².